The Kier molecular flexibility index (Phi) is 3.07. The molecule has 0 bridgehead atoms. The number of rotatable bonds is 3. The van der Waals surface area contributed by atoms with Crippen LogP contribution < -0.4 is 4.74 Å². The van der Waals surface area contributed by atoms with Crippen molar-refractivity contribution in [1.82, 2.24) is 15.0 Å². The fourth-order valence-electron chi connectivity index (χ4n) is 2.34. The summed E-state index contributed by atoms with van der Waals surface area (Å²) in [5, 5.41) is 8.44. The number of methoxy groups -OCH3 is 1. The first kappa shape index (κ1) is 12.0. The van der Waals surface area contributed by atoms with Gasteiger partial charge in [0.2, 0.25) is 0 Å². The van der Waals surface area contributed by atoms with Crippen LogP contribution in [-0.4, -0.2) is 22.1 Å². The Morgan fingerprint density at radius 2 is 2.11 bits per heavy atom. The van der Waals surface area contributed by atoms with E-state index in [1.807, 2.05) is 28.9 Å². The van der Waals surface area contributed by atoms with Gasteiger partial charge in [-0.15, -0.1) is 5.10 Å². The van der Waals surface area contributed by atoms with Crippen molar-refractivity contribution in [3.05, 3.63) is 54.2 Å². The molecule has 1 aromatic carbocycles. The van der Waals surface area contributed by atoms with Gasteiger partial charge >= 0.3 is 0 Å². The zero-order valence-corrected chi connectivity index (χ0v) is 11.0. The molecule has 0 aliphatic heterocycles. The van der Waals surface area contributed by atoms with Gasteiger partial charge in [-0.05, 0) is 36.1 Å². The van der Waals surface area contributed by atoms with E-state index >= 15 is 0 Å². The van der Waals surface area contributed by atoms with E-state index in [1.54, 1.807) is 7.11 Å². The molecule has 1 aromatic heterocycles. The normalized spacial score (nSPS) is 14.3. The minimum Gasteiger partial charge on any atom is -0.497 e. The molecule has 4 heteroatoms. The maximum atomic E-state index is 5.16. The predicted octanol–water partition coefficient (Wildman–Crippen LogP) is 2.69. The van der Waals surface area contributed by atoms with Crippen LogP contribution in [0.2, 0.25) is 0 Å². The van der Waals surface area contributed by atoms with Gasteiger partial charge in [-0.3, -0.25) is 0 Å². The van der Waals surface area contributed by atoms with Gasteiger partial charge < -0.3 is 4.74 Å². The summed E-state index contributed by atoms with van der Waals surface area (Å²) < 4.78 is 7.08. The monoisotopic (exact) mass is 254 g/mol. The van der Waals surface area contributed by atoms with Crippen LogP contribution in [0.5, 0.6) is 5.75 Å². The first-order chi connectivity index (χ1) is 9.28. The smallest absolute Gasteiger partial charge is 0.118 e. The van der Waals surface area contributed by atoms with Crippen molar-refractivity contribution in [2.24, 2.45) is 0 Å². The lowest BCUT2D eigenvalue weighted by Gasteiger charge is -2.14. The molecule has 0 amide bonds. The number of hydrogen-bond donors (Lipinski definition) is 0. The molecule has 0 fully saturated rings. The minimum absolute atomic E-state index is 0.708. The van der Waals surface area contributed by atoms with Crippen LogP contribution in [0, 0.1) is 6.42 Å². The van der Waals surface area contributed by atoms with E-state index in [0.29, 0.717) is 6.54 Å². The Hall–Kier alpha value is -2.10. The molecule has 2 aromatic rings. The number of benzene rings is 1. The van der Waals surface area contributed by atoms with Gasteiger partial charge in [0.1, 0.15) is 5.75 Å². The van der Waals surface area contributed by atoms with E-state index in [9.17, 15) is 0 Å². The summed E-state index contributed by atoms with van der Waals surface area (Å²) >= 11 is 0. The largest absolute Gasteiger partial charge is 0.497 e. The molecule has 97 valence electrons. The first-order valence-corrected chi connectivity index (χ1v) is 6.35. The molecule has 1 heterocycles. The zero-order valence-electron chi connectivity index (χ0n) is 11.0. The number of ether oxygens (including phenoxy) is 1. The van der Waals surface area contributed by atoms with Gasteiger partial charge in [-0.1, -0.05) is 23.9 Å². The van der Waals surface area contributed by atoms with Crippen LogP contribution in [0.1, 0.15) is 29.8 Å². The van der Waals surface area contributed by atoms with Crippen molar-refractivity contribution >= 4 is 5.57 Å². The summed E-state index contributed by atoms with van der Waals surface area (Å²) in [7, 11) is 1.67. The second-order valence-corrected chi connectivity index (χ2v) is 4.68. The third-order valence-electron chi connectivity index (χ3n) is 3.37. The quantitative estimate of drug-likeness (QED) is 0.845. The summed E-state index contributed by atoms with van der Waals surface area (Å²) in [5.41, 5.74) is 4.33. The zero-order chi connectivity index (χ0) is 13.2. The Labute approximate surface area is 112 Å². The number of nitrogens with zero attached hydrogens (tertiary/aromatic N) is 3. The second-order valence-electron chi connectivity index (χ2n) is 4.68. The van der Waals surface area contributed by atoms with Crippen LogP contribution in [-0.2, 0) is 6.54 Å². The molecule has 1 radical (unpaired) electrons. The molecule has 0 saturated carbocycles. The maximum Gasteiger partial charge on any atom is 0.118 e. The molecule has 0 N–H and O–H groups in total. The highest BCUT2D eigenvalue weighted by Crippen LogP contribution is 2.29. The topological polar surface area (TPSA) is 39.9 Å². The van der Waals surface area contributed by atoms with Crippen LogP contribution in [0.4, 0.5) is 0 Å². The Morgan fingerprint density at radius 1 is 1.32 bits per heavy atom. The summed E-state index contributed by atoms with van der Waals surface area (Å²) in [6, 6.07) is 8.00. The summed E-state index contributed by atoms with van der Waals surface area (Å²) in [6.07, 6.45) is 4.12. The lowest BCUT2D eigenvalue weighted by molar-refractivity contribution is 0.414. The van der Waals surface area contributed by atoms with E-state index in [4.69, 9.17) is 4.74 Å². The van der Waals surface area contributed by atoms with Gasteiger partial charge in [-0.2, -0.15) is 0 Å². The van der Waals surface area contributed by atoms with Crippen molar-refractivity contribution < 1.29 is 4.74 Å². The van der Waals surface area contributed by atoms with Crippen molar-refractivity contribution in [2.75, 3.05) is 7.11 Å². The maximum absolute atomic E-state index is 5.16. The molecule has 3 rings (SSSR count). The van der Waals surface area contributed by atoms with Gasteiger partial charge in [0.15, 0.2) is 0 Å². The van der Waals surface area contributed by atoms with Crippen LogP contribution >= 0.6 is 0 Å². The molecule has 1 aliphatic carbocycles. The summed E-state index contributed by atoms with van der Waals surface area (Å²) in [5.74, 6) is 0.863. The van der Waals surface area contributed by atoms with E-state index in [2.05, 4.69) is 23.3 Å². The molecule has 19 heavy (non-hydrogen) atoms. The highest BCUT2D eigenvalue weighted by atomic mass is 16.5. The van der Waals surface area contributed by atoms with E-state index in [-0.39, 0.29) is 0 Å². The molecule has 0 unspecified atom stereocenters. The highest BCUT2D eigenvalue weighted by Gasteiger charge is 2.20. The van der Waals surface area contributed by atoms with Crippen molar-refractivity contribution in [3.63, 3.8) is 0 Å². The van der Waals surface area contributed by atoms with Crippen molar-refractivity contribution in [3.8, 4) is 5.75 Å². The molecule has 1 aliphatic rings. The molecule has 0 atom stereocenters. The summed E-state index contributed by atoms with van der Waals surface area (Å²) in [6.45, 7) is 4.82. The standard InChI is InChI=1S/C15H16N3O/c1-11-4-3-5-14-15(11)18(17-16-14)10-12-6-8-13(19-2)9-7-12/h5-9H,1,3-4,10H2,2H3. The third-order valence-corrected chi connectivity index (χ3v) is 3.37. The average Bonchev–Trinajstić information content (AvgIpc) is 2.84. The number of hydrogen-bond acceptors (Lipinski definition) is 3. The van der Waals surface area contributed by atoms with Crippen molar-refractivity contribution in [1.29, 1.82) is 0 Å². The average molecular weight is 254 g/mol. The lowest BCUT2D eigenvalue weighted by atomic mass is 9.96. The Morgan fingerprint density at radius 3 is 2.84 bits per heavy atom. The summed E-state index contributed by atoms with van der Waals surface area (Å²) in [4.78, 5) is 0. The molecule has 4 nitrogen and oxygen atoms in total. The van der Waals surface area contributed by atoms with E-state index < -0.39 is 0 Å². The fraction of sp³-hybridized carbons (Fsp3) is 0.267. The Balaban J connectivity index is 1.87. The highest BCUT2D eigenvalue weighted by molar-refractivity contribution is 5.65. The van der Waals surface area contributed by atoms with E-state index in [0.717, 1.165) is 35.6 Å². The van der Waals surface area contributed by atoms with E-state index in [1.165, 1.54) is 5.56 Å². The SMILES string of the molecule is C=C1CC[CH]c2nnn(Cc3ccc(OC)cc3)c21. The molecule has 0 saturated heterocycles. The van der Waals surface area contributed by atoms with Crippen LogP contribution in [0.25, 0.3) is 5.57 Å². The van der Waals surface area contributed by atoms with Crippen molar-refractivity contribution in [2.45, 2.75) is 19.4 Å². The lowest BCUT2D eigenvalue weighted by Crippen LogP contribution is -2.08. The first-order valence-electron chi connectivity index (χ1n) is 6.35. The fourth-order valence-corrected chi connectivity index (χ4v) is 2.34. The van der Waals surface area contributed by atoms with Gasteiger partial charge in [0.25, 0.3) is 0 Å². The minimum atomic E-state index is 0.708. The Bertz CT molecular complexity index is 598. The predicted molar refractivity (Wildman–Crippen MR) is 73.8 cm³/mol. The van der Waals surface area contributed by atoms with Gasteiger partial charge in [0, 0.05) is 6.42 Å². The van der Waals surface area contributed by atoms with Crippen LogP contribution in [0.15, 0.2) is 30.8 Å². The molecule has 0 spiro atoms. The number of fused-ring (bicyclic) bond motifs is 1. The number of aromatic nitrogens is 3. The van der Waals surface area contributed by atoms with Gasteiger partial charge in [0.05, 0.1) is 25.0 Å². The molecular weight excluding hydrogens is 238 g/mol. The second kappa shape index (κ2) is 4.88. The van der Waals surface area contributed by atoms with Gasteiger partial charge in [-0.25, -0.2) is 4.68 Å². The molecular formula is C15H16N3O. The number of allylic oxidation sites excluding steroid dienone is 1. The third kappa shape index (κ3) is 2.26. The van der Waals surface area contributed by atoms with Crippen LogP contribution in [0.3, 0.4) is 0 Å².